The molecule has 0 saturated heterocycles. The predicted molar refractivity (Wildman–Crippen MR) is 70.5 cm³/mol. The van der Waals surface area contributed by atoms with Crippen LogP contribution in [0.25, 0.3) is 0 Å². The normalized spacial score (nSPS) is 11.6. The first-order chi connectivity index (χ1) is 8.65. The molecule has 0 aromatic heterocycles. The second-order valence-electron chi connectivity index (χ2n) is 4.47. The van der Waals surface area contributed by atoms with Gasteiger partial charge in [0.15, 0.2) is 0 Å². The number of nitriles is 1. The first kappa shape index (κ1) is 14.2. The van der Waals surface area contributed by atoms with Gasteiger partial charge in [0, 0.05) is 13.0 Å². The average Bonchev–Trinajstić information content (AvgIpc) is 2.42. The van der Waals surface area contributed by atoms with Crippen molar-refractivity contribution in [3.05, 3.63) is 35.4 Å². The Labute approximate surface area is 108 Å². The molecule has 1 rings (SSSR count). The Morgan fingerprint density at radius 2 is 2.33 bits per heavy atom. The predicted octanol–water partition coefficient (Wildman–Crippen LogP) is 1.55. The fourth-order valence-electron chi connectivity index (χ4n) is 1.54. The molecule has 0 aliphatic rings. The Bertz CT molecular complexity index is 437. The first-order valence-corrected chi connectivity index (χ1v) is 6.11. The van der Waals surface area contributed by atoms with Gasteiger partial charge in [-0.25, -0.2) is 0 Å². The molecule has 3 N–H and O–H groups in total. The molecular formula is C14H19N3O. The minimum atomic E-state index is 0.0256. The second-order valence-corrected chi connectivity index (χ2v) is 4.47. The van der Waals surface area contributed by atoms with Gasteiger partial charge in [-0.15, -0.1) is 0 Å². The number of carbonyl (C=O) groups excluding carboxylic acids is 1. The van der Waals surface area contributed by atoms with Crippen LogP contribution in [0.2, 0.25) is 0 Å². The molecule has 0 bridgehead atoms. The Hall–Kier alpha value is -1.86. The molecule has 18 heavy (non-hydrogen) atoms. The molecule has 4 heteroatoms. The van der Waals surface area contributed by atoms with Gasteiger partial charge in [0.1, 0.15) is 0 Å². The van der Waals surface area contributed by atoms with Crippen LogP contribution < -0.4 is 11.1 Å². The fraction of sp³-hybridized carbons (Fsp3) is 0.429. The van der Waals surface area contributed by atoms with Gasteiger partial charge in [-0.1, -0.05) is 19.1 Å². The molecule has 0 heterocycles. The summed E-state index contributed by atoms with van der Waals surface area (Å²) in [6, 6.07) is 9.31. The second kappa shape index (κ2) is 7.46. The molecule has 0 aliphatic carbocycles. The lowest BCUT2D eigenvalue weighted by molar-refractivity contribution is -0.121. The van der Waals surface area contributed by atoms with E-state index >= 15 is 0 Å². The van der Waals surface area contributed by atoms with E-state index in [1.165, 1.54) is 0 Å². The lowest BCUT2D eigenvalue weighted by atomic mass is 10.1. The van der Waals surface area contributed by atoms with Crippen LogP contribution in [0.3, 0.4) is 0 Å². The number of rotatable bonds is 6. The molecule has 0 fully saturated rings. The van der Waals surface area contributed by atoms with Gasteiger partial charge < -0.3 is 11.1 Å². The average molecular weight is 245 g/mol. The fourth-order valence-corrected chi connectivity index (χ4v) is 1.54. The molecule has 1 unspecified atom stereocenters. The summed E-state index contributed by atoms with van der Waals surface area (Å²) >= 11 is 0. The number of benzene rings is 1. The molecule has 1 atom stereocenters. The number of hydrogen-bond donors (Lipinski definition) is 2. The van der Waals surface area contributed by atoms with Crippen molar-refractivity contribution in [1.29, 1.82) is 5.26 Å². The highest BCUT2D eigenvalue weighted by atomic mass is 16.1. The van der Waals surface area contributed by atoms with Crippen molar-refractivity contribution in [2.75, 3.05) is 6.54 Å². The third-order valence-electron chi connectivity index (χ3n) is 2.81. The largest absolute Gasteiger partial charge is 0.352 e. The van der Waals surface area contributed by atoms with Crippen molar-refractivity contribution in [3.63, 3.8) is 0 Å². The third-order valence-corrected chi connectivity index (χ3v) is 2.81. The minimum Gasteiger partial charge on any atom is -0.352 e. The van der Waals surface area contributed by atoms with Gasteiger partial charge in [0.05, 0.1) is 11.6 Å². The molecule has 0 aliphatic heterocycles. The standard InChI is InChI=1S/C14H19N3O/c1-11(8-15)5-6-14(18)17-10-13-4-2-3-12(7-13)9-16/h2-4,7,11H,5-6,8,10,15H2,1H3,(H,17,18). The molecule has 1 amide bonds. The van der Waals surface area contributed by atoms with E-state index < -0.39 is 0 Å². The van der Waals surface area contributed by atoms with E-state index in [1.54, 1.807) is 12.1 Å². The van der Waals surface area contributed by atoms with Gasteiger partial charge in [-0.3, -0.25) is 4.79 Å². The van der Waals surface area contributed by atoms with Crippen LogP contribution in [0.15, 0.2) is 24.3 Å². The van der Waals surface area contributed by atoms with Gasteiger partial charge >= 0.3 is 0 Å². The van der Waals surface area contributed by atoms with Crippen LogP contribution in [0.4, 0.5) is 0 Å². The topological polar surface area (TPSA) is 78.9 Å². The molecule has 96 valence electrons. The number of carbonyl (C=O) groups is 1. The van der Waals surface area contributed by atoms with Gasteiger partial charge in [-0.05, 0) is 36.6 Å². The first-order valence-electron chi connectivity index (χ1n) is 6.11. The Balaban J connectivity index is 2.36. The van der Waals surface area contributed by atoms with Crippen molar-refractivity contribution in [3.8, 4) is 6.07 Å². The minimum absolute atomic E-state index is 0.0256. The zero-order valence-corrected chi connectivity index (χ0v) is 10.6. The van der Waals surface area contributed by atoms with E-state index in [4.69, 9.17) is 11.0 Å². The van der Waals surface area contributed by atoms with E-state index in [9.17, 15) is 4.79 Å². The molecule has 0 saturated carbocycles. The molecule has 1 aromatic rings. The monoisotopic (exact) mass is 245 g/mol. The summed E-state index contributed by atoms with van der Waals surface area (Å²) in [7, 11) is 0. The quantitative estimate of drug-likeness (QED) is 0.798. The third kappa shape index (κ3) is 4.98. The van der Waals surface area contributed by atoms with Gasteiger partial charge in [0.2, 0.25) is 5.91 Å². The number of nitrogens with zero attached hydrogens (tertiary/aromatic N) is 1. The molecule has 0 spiro atoms. The summed E-state index contributed by atoms with van der Waals surface area (Å²) in [5.74, 6) is 0.398. The number of hydrogen-bond acceptors (Lipinski definition) is 3. The van der Waals surface area contributed by atoms with Crippen molar-refractivity contribution in [1.82, 2.24) is 5.32 Å². The zero-order valence-electron chi connectivity index (χ0n) is 10.6. The number of nitrogens with two attached hydrogens (primary N) is 1. The van der Waals surface area contributed by atoms with E-state index in [1.807, 2.05) is 19.1 Å². The highest BCUT2D eigenvalue weighted by molar-refractivity contribution is 5.75. The summed E-state index contributed by atoms with van der Waals surface area (Å²) in [6.45, 7) is 3.10. The van der Waals surface area contributed by atoms with Gasteiger partial charge in [-0.2, -0.15) is 5.26 Å². The maximum Gasteiger partial charge on any atom is 0.220 e. The maximum absolute atomic E-state index is 11.6. The van der Waals surface area contributed by atoms with Crippen LogP contribution in [0.1, 0.15) is 30.9 Å². The smallest absolute Gasteiger partial charge is 0.220 e. The highest BCUT2D eigenvalue weighted by Crippen LogP contribution is 2.05. The summed E-state index contributed by atoms with van der Waals surface area (Å²) in [6.07, 6.45) is 1.30. The van der Waals surface area contributed by atoms with Crippen LogP contribution >= 0.6 is 0 Å². The van der Waals surface area contributed by atoms with Crippen molar-refractivity contribution >= 4 is 5.91 Å². The van der Waals surface area contributed by atoms with Crippen LogP contribution in [-0.4, -0.2) is 12.5 Å². The zero-order chi connectivity index (χ0) is 13.4. The van der Waals surface area contributed by atoms with Crippen LogP contribution in [0.5, 0.6) is 0 Å². The molecule has 1 aromatic carbocycles. The van der Waals surface area contributed by atoms with Crippen molar-refractivity contribution in [2.24, 2.45) is 11.7 Å². The van der Waals surface area contributed by atoms with Crippen LogP contribution in [0, 0.1) is 17.2 Å². The summed E-state index contributed by atoms with van der Waals surface area (Å²) in [5, 5.41) is 11.6. The Kier molecular flexibility index (Phi) is 5.89. The molecule has 4 nitrogen and oxygen atoms in total. The van der Waals surface area contributed by atoms with E-state index in [2.05, 4.69) is 11.4 Å². The van der Waals surface area contributed by atoms with Gasteiger partial charge in [0.25, 0.3) is 0 Å². The summed E-state index contributed by atoms with van der Waals surface area (Å²) < 4.78 is 0. The van der Waals surface area contributed by atoms with E-state index in [0.717, 1.165) is 12.0 Å². The number of nitrogens with one attached hydrogen (secondary N) is 1. The highest BCUT2D eigenvalue weighted by Gasteiger charge is 2.05. The van der Waals surface area contributed by atoms with E-state index in [-0.39, 0.29) is 5.91 Å². The SMILES string of the molecule is CC(CN)CCC(=O)NCc1cccc(C#N)c1. The van der Waals surface area contributed by atoms with Crippen molar-refractivity contribution < 1.29 is 4.79 Å². The van der Waals surface area contributed by atoms with Crippen LogP contribution in [-0.2, 0) is 11.3 Å². The lowest BCUT2D eigenvalue weighted by Gasteiger charge is -2.08. The summed E-state index contributed by atoms with van der Waals surface area (Å²) in [5.41, 5.74) is 7.04. The maximum atomic E-state index is 11.6. The lowest BCUT2D eigenvalue weighted by Crippen LogP contribution is -2.24. The number of amides is 1. The van der Waals surface area contributed by atoms with E-state index in [0.29, 0.717) is 31.0 Å². The Morgan fingerprint density at radius 3 is 3.00 bits per heavy atom. The van der Waals surface area contributed by atoms with Crippen molar-refractivity contribution in [2.45, 2.75) is 26.3 Å². The summed E-state index contributed by atoms with van der Waals surface area (Å²) in [4.78, 5) is 11.6. The molecule has 0 radical (unpaired) electrons. The Morgan fingerprint density at radius 1 is 1.56 bits per heavy atom. The molecular weight excluding hydrogens is 226 g/mol.